The van der Waals surface area contributed by atoms with Crippen LogP contribution in [0.15, 0.2) is 65.6 Å². The monoisotopic (exact) mass is 581 g/mol. The van der Waals surface area contributed by atoms with Crippen molar-refractivity contribution in [2.24, 2.45) is 0 Å². The summed E-state index contributed by atoms with van der Waals surface area (Å²) in [6.45, 7) is 3.77. The largest absolute Gasteiger partial charge is 0.376 e. The highest BCUT2D eigenvalue weighted by molar-refractivity contribution is 7.89. The van der Waals surface area contributed by atoms with Gasteiger partial charge in [0.15, 0.2) is 5.13 Å². The third-order valence-corrected chi connectivity index (χ3v) is 10.5. The number of aryl methyl sites for hydroxylation is 1. The molecule has 0 radical (unpaired) electrons. The van der Waals surface area contributed by atoms with Crippen LogP contribution in [0.25, 0.3) is 10.2 Å². The van der Waals surface area contributed by atoms with E-state index in [0.717, 1.165) is 34.2 Å². The zero-order valence-corrected chi connectivity index (χ0v) is 23.9. The minimum Gasteiger partial charge on any atom is -0.376 e. The van der Waals surface area contributed by atoms with E-state index in [4.69, 9.17) is 21.3 Å². The summed E-state index contributed by atoms with van der Waals surface area (Å²) in [5.74, 6) is -0.246. The van der Waals surface area contributed by atoms with E-state index in [1.165, 1.54) is 33.3 Å². The molecule has 0 N–H and O–H groups in total. The first kappa shape index (κ1) is 26.4. The van der Waals surface area contributed by atoms with Crippen LogP contribution in [-0.2, 0) is 27.7 Å². The van der Waals surface area contributed by atoms with Gasteiger partial charge in [-0.05, 0) is 79.3 Å². The molecule has 1 saturated heterocycles. The van der Waals surface area contributed by atoms with Gasteiger partial charge in [0, 0.05) is 30.3 Å². The Balaban J connectivity index is 1.28. The van der Waals surface area contributed by atoms with Crippen molar-refractivity contribution in [1.29, 1.82) is 0 Å². The van der Waals surface area contributed by atoms with Crippen molar-refractivity contribution >= 4 is 54.2 Å². The molecule has 1 amide bonds. The second kappa shape index (κ2) is 10.6. The van der Waals surface area contributed by atoms with Crippen molar-refractivity contribution in [3.05, 3.63) is 87.9 Å². The zero-order valence-electron chi connectivity index (χ0n) is 21.5. The molecule has 1 unspecified atom stereocenters. The van der Waals surface area contributed by atoms with Gasteiger partial charge in [0.05, 0.1) is 27.8 Å². The second-order valence-electron chi connectivity index (χ2n) is 10.00. The molecule has 0 bridgehead atoms. The molecule has 202 valence electrons. The molecule has 0 saturated carbocycles. The number of halogens is 1. The van der Waals surface area contributed by atoms with Gasteiger partial charge in [-0.3, -0.25) is 9.69 Å². The maximum Gasteiger partial charge on any atom is 0.260 e. The van der Waals surface area contributed by atoms with Crippen LogP contribution >= 0.6 is 22.9 Å². The number of sulfonamides is 1. The molecule has 2 aliphatic rings. The standard InChI is InChI=1S/C29H28ClN3O4S2/c1-19-15-23(30)16-26-27(19)31-29(38-26)33(18-24-7-4-14-37-24)28(34)21-8-10-25(11-9-21)39(35,36)32-13-12-20-5-2-3-6-22(20)17-32/h2-3,5-6,8-11,15-16,24H,4,7,12-14,17-18H2,1H3. The first-order chi connectivity index (χ1) is 18.8. The molecule has 0 aliphatic carbocycles. The van der Waals surface area contributed by atoms with Crippen molar-refractivity contribution in [3.63, 3.8) is 0 Å². The first-order valence-electron chi connectivity index (χ1n) is 13.0. The molecule has 1 atom stereocenters. The van der Waals surface area contributed by atoms with Gasteiger partial charge in [-0.1, -0.05) is 47.2 Å². The molecule has 2 aliphatic heterocycles. The Kier molecular flexibility index (Phi) is 7.20. The van der Waals surface area contributed by atoms with E-state index < -0.39 is 10.0 Å². The summed E-state index contributed by atoms with van der Waals surface area (Å²) in [6.07, 6.45) is 2.42. The molecule has 39 heavy (non-hydrogen) atoms. The summed E-state index contributed by atoms with van der Waals surface area (Å²) >= 11 is 7.68. The van der Waals surface area contributed by atoms with E-state index in [-0.39, 0.29) is 16.9 Å². The van der Waals surface area contributed by atoms with Gasteiger partial charge in [-0.15, -0.1) is 0 Å². The summed E-state index contributed by atoms with van der Waals surface area (Å²) in [7, 11) is -3.70. The van der Waals surface area contributed by atoms with Crippen LogP contribution in [0.1, 0.15) is 39.9 Å². The van der Waals surface area contributed by atoms with Crippen LogP contribution in [0.2, 0.25) is 5.02 Å². The normalized spacial score (nSPS) is 17.8. The SMILES string of the molecule is Cc1cc(Cl)cc2sc(N(CC3CCCO3)C(=O)c3ccc(S(=O)(=O)N4CCc5ccccc5C4)cc3)nc12. The molecule has 0 spiro atoms. The van der Waals surface area contributed by atoms with Gasteiger partial charge in [-0.2, -0.15) is 4.31 Å². The summed E-state index contributed by atoms with van der Waals surface area (Å²) in [6, 6.07) is 17.9. The van der Waals surface area contributed by atoms with Gasteiger partial charge in [-0.25, -0.2) is 13.4 Å². The van der Waals surface area contributed by atoms with E-state index in [1.54, 1.807) is 17.0 Å². The predicted octanol–water partition coefficient (Wildman–Crippen LogP) is 5.83. The molecule has 3 heterocycles. The quantitative estimate of drug-likeness (QED) is 0.286. The topological polar surface area (TPSA) is 79.8 Å². The Morgan fingerprint density at radius 1 is 1.15 bits per heavy atom. The molecule has 7 nitrogen and oxygen atoms in total. The maximum absolute atomic E-state index is 13.8. The Morgan fingerprint density at radius 3 is 2.67 bits per heavy atom. The highest BCUT2D eigenvalue weighted by Gasteiger charge is 2.30. The number of fused-ring (bicyclic) bond motifs is 2. The lowest BCUT2D eigenvalue weighted by molar-refractivity contribution is 0.0917. The Hall–Kier alpha value is -2.82. The van der Waals surface area contributed by atoms with Crippen molar-refractivity contribution in [2.75, 3.05) is 24.6 Å². The third kappa shape index (κ3) is 5.21. The highest BCUT2D eigenvalue weighted by atomic mass is 35.5. The average Bonchev–Trinajstić information content (AvgIpc) is 3.61. The number of rotatable bonds is 6. The van der Waals surface area contributed by atoms with Gasteiger partial charge in [0.1, 0.15) is 0 Å². The van der Waals surface area contributed by atoms with Gasteiger partial charge in [0.25, 0.3) is 5.91 Å². The van der Waals surface area contributed by atoms with Crippen LogP contribution in [0.5, 0.6) is 0 Å². The molecule has 1 fully saturated rings. The van der Waals surface area contributed by atoms with Gasteiger partial charge in [0.2, 0.25) is 10.0 Å². The van der Waals surface area contributed by atoms with E-state index in [2.05, 4.69) is 0 Å². The summed E-state index contributed by atoms with van der Waals surface area (Å²) in [4.78, 5) is 20.4. The molecule has 4 aromatic rings. The van der Waals surface area contributed by atoms with Crippen LogP contribution in [-0.4, -0.2) is 49.4 Å². The molecule has 6 rings (SSSR count). The number of carbonyl (C=O) groups excluding carboxylic acids is 1. The Bertz CT molecular complexity index is 1650. The van der Waals surface area contributed by atoms with E-state index in [0.29, 0.717) is 48.4 Å². The number of carbonyl (C=O) groups is 1. The zero-order chi connectivity index (χ0) is 27.1. The Labute approximate surface area is 237 Å². The average molecular weight is 582 g/mol. The Morgan fingerprint density at radius 2 is 1.92 bits per heavy atom. The van der Waals surface area contributed by atoms with Gasteiger partial charge >= 0.3 is 0 Å². The number of hydrogen-bond donors (Lipinski definition) is 0. The lowest BCUT2D eigenvalue weighted by atomic mass is 10.0. The fourth-order valence-electron chi connectivity index (χ4n) is 5.25. The van der Waals surface area contributed by atoms with E-state index in [1.807, 2.05) is 43.3 Å². The van der Waals surface area contributed by atoms with Crippen LogP contribution in [0.3, 0.4) is 0 Å². The van der Waals surface area contributed by atoms with Crippen LogP contribution in [0, 0.1) is 6.92 Å². The second-order valence-corrected chi connectivity index (χ2v) is 13.4. The van der Waals surface area contributed by atoms with Crippen molar-refractivity contribution in [1.82, 2.24) is 9.29 Å². The summed E-state index contributed by atoms with van der Waals surface area (Å²) in [5, 5.41) is 1.20. The highest BCUT2D eigenvalue weighted by Crippen LogP contribution is 2.34. The van der Waals surface area contributed by atoms with Crippen molar-refractivity contribution < 1.29 is 17.9 Å². The van der Waals surface area contributed by atoms with Crippen molar-refractivity contribution in [3.8, 4) is 0 Å². The fourth-order valence-corrected chi connectivity index (χ4v) is 8.09. The number of benzene rings is 3. The molecular weight excluding hydrogens is 554 g/mol. The number of aromatic nitrogens is 1. The van der Waals surface area contributed by atoms with Crippen LogP contribution < -0.4 is 4.90 Å². The van der Waals surface area contributed by atoms with Gasteiger partial charge < -0.3 is 4.74 Å². The maximum atomic E-state index is 13.8. The summed E-state index contributed by atoms with van der Waals surface area (Å²) < 4.78 is 35.1. The number of thiazole rings is 1. The third-order valence-electron chi connectivity index (χ3n) is 7.36. The van der Waals surface area contributed by atoms with E-state index in [9.17, 15) is 13.2 Å². The first-order valence-corrected chi connectivity index (χ1v) is 15.6. The molecule has 10 heteroatoms. The molecule has 3 aromatic carbocycles. The number of amides is 1. The lowest BCUT2D eigenvalue weighted by Gasteiger charge is -2.28. The van der Waals surface area contributed by atoms with Crippen molar-refractivity contribution in [2.45, 2.75) is 43.7 Å². The minimum absolute atomic E-state index is 0.0766. The number of anilines is 1. The van der Waals surface area contributed by atoms with Crippen LogP contribution in [0.4, 0.5) is 5.13 Å². The summed E-state index contributed by atoms with van der Waals surface area (Å²) in [5.41, 5.74) is 4.36. The smallest absolute Gasteiger partial charge is 0.260 e. The molecular formula is C29H28ClN3O4S2. The van der Waals surface area contributed by atoms with E-state index >= 15 is 0 Å². The lowest BCUT2D eigenvalue weighted by Crippen LogP contribution is -2.37. The number of ether oxygens (including phenoxy) is 1. The number of nitrogens with zero attached hydrogens (tertiary/aromatic N) is 3. The molecule has 1 aromatic heterocycles. The fraction of sp³-hybridized carbons (Fsp3) is 0.310. The number of hydrogen-bond acceptors (Lipinski definition) is 6. The predicted molar refractivity (Wildman–Crippen MR) is 154 cm³/mol. The minimum atomic E-state index is -3.70.